The van der Waals surface area contributed by atoms with Crippen LogP contribution in [0.15, 0.2) is 34.0 Å². The van der Waals surface area contributed by atoms with Gasteiger partial charge in [0.15, 0.2) is 0 Å². The Balaban J connectivity index is 2.75. The van der Waals surface area contributed by atoms with Crippen LogP contribution >= 0.6 is 11.6 Å². The van der Waals surface area contributed by atoms with E-state index in [1.807, 2.05) is 0 Å². The van der Waals surface area contributed by atoms with Crippen LogP contribution < -0.4 is 11.2 Å². The third kappa shape index (κ3) is 2.46. The lowest BCUT2D eigenvalue weighted by Gasteiger charge is -2.13. The molecule has 0 saturated carbocycles. The second-order valence-electron chi connectivity index (χ2n) is 3.88. The molecule has 0 aliphatic carbocycles. The van der Waals surface area contributed by atoms with Crippen molar-refractivity contribution >= 4 is 11.6 Å². The summed E-state index contributed by atoms with van der Waals surface area (Å²) in [6, 6.07) is 2.99. The van der Waals surface area contributed by atoms with Crippen LogP contribution in [0.4, 0.5) is 13.2 Å². The quantitative estimate of drug-likeness (QED) is 0.752. The second-order valence-corrected chi connectivity index (χ2v) is 4.27. The molecule has 20 heavy (non-hydrogen) atoms. The zero-order chi connectivity index (χ0) is 15.1. The summed E-state index contributed by atoms with van der Waals surface area (Å²) in [6.45, 7) is 0. The molecule has 0 unspecified atom stereocenters. The number of pyridine rings is 1. The molecule has 0 aromatic carbocycles. The van der Waals surface area contributed by atoms with Crippen molar-refractivity contribution in [2.24, 2.45) is 7.05 Å². The van der Waals surface area contributed by atoms with Crippen LogP contribution in [0.1, 0.15) is 5.69 Å². The van der Waals surface area contributed by atoms with E-state index in [1.54, 1.807) is 0 Å². The molecule has 0 radical (unpaired) electrons. The summed E-state index contributed by atoms with van der Waals surface area (Å²) in [5.41, 5.74) is -3.49. The molecule has 5 nitrogen and oxygen atoms in total. The molecule has 0 aliphatic rings. The molecular weight excluding hydrogens is 299 g/mol. The maximum atomic E-state index is 12.7. The topological polar surface area (TPSA) is 56.9 Å². The van der Waals surface area contributed by atoms with Crippen molar-refractivity contribution in [2.75, 3.05) is 0 Å². The molecule has 2 heterocycles. The summed E-state index contributed by atoms with van der Waals surface area (Å²) >= 11 is 5.56. The van der Waals surface area contributed by atoms with E-state index >= 15 is 0 Å². The molecule has 0 fully saturated rings. The van der Waals surface area contributed by atoms with Gasteiger partial charge in [-0.3, -0.25) is 9.36 Å². The third-order valence-corrected chi connectivity index (χ3v) is 2.80. The van der Waals surface area contributed by atoms with Gasteiger partial charge in [0.05, 0.1) is 11.9 Å². The normalized spacial score (nSPS) is 11.7. The summed E-state index contributed by atoms with van der Waals surface area (Å²) in [5, 5.41) is 0.130. The molecule has 0 aliphatic heterocycles. The number of halogens is 4. The van der Waals surface area contributed by atoms with Crippen molar-refractivity contribution in [2.45, 2.75) is 6.18 Å². The number of hydrogen-bond donors (Lipinski definition) is 0. The maximum absolute atomic E-state index is 12.7. The van der Waals surface area contributed by atoms with Gasteiger partial charge in [-0.1, -0.05) is 11.6 Å². The second kappa shape index (κ2) is 4.78. The number of nitrogens with zero attached hydrogens (tertiary/aromatic N) is 3. The van der Waals surface area contributed by atoms with Gasteiger partial charge >= 0.3 is 11.9 Å². The predicted molar refractivity (Wildman–Crippen MR) is 65.1 cm³/mol. The Hall–Kier alpha value is -2.09. The first-order valence-electron chi connectivity index (χ1n) is 5.24. The molecule has 106 valence electrons. The zero-order valence-electron chi connectivity index (χ0n) is 9.98. The standard InChI is InChI=1S/C11H7ClF3N3O2/c1-17-7(11(13,14)15)4-9(19)18(10(17)20)6-2-3-8(12)16-5-6/h2-5H,1H3. The molecule has 2 rings (SSSR count). The van der Waals surface area contributed by atoms with E-state index in [0.717, 1.165) is 13.2 Å². The Morgan fingerprint density at radius 3 is 2.40 bits per heavy atom. The Bertz CT molecular complexity index is 762. The van der Waals surface area contributed by atoms with Crippen LogP contribution in [0.5, 0.6) is 0 Å². The first-order valence-corrected chi connectivity index (χ1v) is 5.62. The van der Waals surface area contributed by atoms with Gasteiger partial charge in [0.2, 0.25) is 0 Å². The molecular formula is C11H7ClF3N3O2. The van der Waals surface area contributed by atoms with Crippen LogP contribution in [0, 0.1) is 0 Å². The number of rotatable bonds is 1. The smallest absolute Gasteiger partial charge is 0.292 e. The largest absolute Gasteiger partial charge is 0.431 e. The van der Waals surface area contributed by atoms with Gasteiger partial charge in [-0.25, -0.2) is 14.3 Å². The van der Waals surface area contributed by atoms with Gasteiger partial charge in [0, 0.05) is 13.1 Å². The third-order valence-electron chi connectivity index (χ3n) is 2.58. The highest BCUT2D eigenvalue weighted by atomic mass is 35.5. The Morgan fingerprint density at radius 2 is 1.90 bits per heavy atom. The van der Waals surface area contributed by atoms with Gasteiger partial charge in [-0.15, -0.1) is 0 Å². The minimum atomic E-state index is -4.79. The van der Waals surface area contributed by atoms with E-state index in [2.05, 4.69) is 4.98 Å². The van der Waals surface area contributed by atoms with Crippen LogP contribution in [0.2, 0.25) is 5.15 Å². The fourth-order valence-corrected chi connectivity index (χ4v) is 1.75. The van der Waals surface area contributed by atoms with Crippen molar-refractivity contribution in [1.29, 1.82) is 0 Å². The molecule has 0 bridgehead atoms. The highest BCUT2D eigenvalue weighted by Gasteiger charge is 2.35. The summed E-state index contributed by atoms with van der Waals surface area (Å²) in [6.07, 6.45) is -3.66. The highest BCUT2D eigenvalue weighted by molar-refractivity contribution is 6.29. The maximum Gasteiger partial charge on any atom is 0.431 e. The van der Waals surface area contributed by atoms with Crippen molar-refractivity contribution in [1.82, 2.24) is 14.1 Å². The SMILES string of the molecule is Cn1c(C(F)(F)F)cc(=O)n(-c2ccc(Cl)nc2)c1=O. The lowest BCUT2D eigenvalue weighted by Crippen LogP contribution is -2.40. The molecule has 9 heteroatoms. The summed E-state index contributed by atoms with van der Waals surface area (Å²) in [5.74, 6) is 0. The molecule has 0 saturated heterocycles. The van der Waals surface area contributed by atoms with Gasteiger partial charge in [0.25, 0.3) is 5.56 Å². The molecule has 0 spiro atoms. The fourth-order valence-electron chi connectivity index (χ4n) is 1.64. The van der Waals surface area contributed by atoms with Gasteiger partial charge < -0.3 is 0 Å². The molecule has 0 atom stereocenters. The molecule has 0 N–H and O–H groups in total. The van der Waals surface area contributed by atoms with Crippen molar-refractivity contribution in [3.63, 3.8) is 0 Å². The summed E-state index contributed by atoms with van der Waals surface area (Å²) < 4.78 is 38.9. The van der Waals surface area contributed by atoms with E-state index in [0.29, 0.717) is 15.2 Å². The number of alkyl halides is 3. The van der Waals surface area contributed by atoms with E-state index in [4.69, 9.17) is 11.6 Å². The fraction of sp³-hybridized carbons (Fsp3) is 0.182. The molecule has 0 amide bonds. The lowest BCUT2D eigenvalue weighted by atomic mass is 10.3. The predicted octanol–water partition coefficient (Wildman–Crippen LogP) is 1.60. The van der Waals surface area contributed by atoms with E-state index in [9.17, 15) is 22.8 Å². The molecule has 2 aromatic rings. The summed E-state index contributed by atoms with van der Waals surface area (Å²) in [4.78, 5) is 27.3. The van der Waals surface area contributed by atoms with E-state index in [1.165, 1.54) is 12.1 Å². The first-order chi connectivity index (χ1) is 9.21. The number of hydrogen-bond acceptors (Lipinski definition) is 3. The Kier molecular flexibility index (Phi) is 3.43. The average Bonchev–Trinajstić information content (AvgIpc) is 2.35. The Labute approximate surface area is 114 Å². The van der Waals surface area contributed by atoms with Gasteiger partial charge in [0.1, 0.15) is 10.8 Å². The monoisotopic (exact) mass is 305 g/mol. The zero-order valence-corrected chi connectivity index (χ0v) is 10.7. The van der Waals surface area contributed by atoms with Crippen molar-refractivity contribution in [3.05, 3.63) is 56.1 Å². The van der Waals surface area contributed by atoms with E-state index in [-0.39, 0.29) is 10.8 Å². The van der Waals surface area contributed by atoms with Crippen LogP contribution in [-0.4, -0.2) is 14.1 Å². The van der Waals surface area contributed by atoms with Crippen molar-refractivity contribution < 1.29 is 13.2 Å². The number of aromatic nitrogens is 3. The van der Waals surface area contributed by atoms with Gasteiger partial charge in [-0.2, -0.15) is 13.2 Å². The van der Waals surface area contributed by atoms with Crippen LogP contribution in [-0.2, 0) is 13.2 Å². The highest BCUT2D eigenvalue weighted by Crippen LogP contribution is 2.26. The van der Waals surface area contributed by atoms with Crippen LogP contribution in [0.25, 0.3) is 5.69 Å². The molecule has 2 aromatic heterocycles. The Morgan fingerprint density at radius 1 is 1.25 bits per heavy atom. The summed E-state index contributed by atoms with van der Waals surface area (Å²) in [7, 11) is 0.935. The van der Waals surface area contributed by atoms with Crippen LogP contribution in [0.3, 0.4) is 0 Å². The minimum absolute atomic E-state index is 0.0359. The van der Waals surface area contributed by atoms with Crippen molar-refractivity contribution in [3.8, 4) is 5.69 Å². The van der Waals surface area contributed by atoms with E-state index < -0.39 is 23.1 Å². The minimum Gasteiger partial charge on any atom is -0.292 e. The lowest BCUT2D eigenvalue weighted by molar-refractivity contribution is -0.144. The first kappa shape index (κ1) is 14.3. The van der Waals surface area contributed by atoms with Gasteiger partial charge in [-0.05, 0) is 12.1 Å². The average molecular weight is 306 g/mol.